The van der Waals surface area contributed by atoms with Crippen LogP contribution >= 0.6 is 0 Å². The van der Waals surface area contributed by atoms with E-state index in [1.165, 1.54) is 11.6 Å². The normalized spacial score (nSPS) is 14.6. The van der Waals surface area contributed by atoms with E-state index in [2.05, 4.69) is 107 Å². The first-order chi connectivity index (χ1) is 33.4. The minimum Gasteiger partial charge on any atom is -0.496 e. The Bertz CT molecular complexity index is 2950. The molecule has 0 unspecified atom stereocenters. The average Bonchev–Trinajstić information content (AvgIpc) is 3.91. The molecule has 7 rings (SSSR count). The average molecular weight is 987 g/mol. The first-order valence-electron chi connectivity index (χ1n) is 24.2. The molecule has 72 heavy (non-hydrogen) atoms. The van der Waals surface area contributed by atoms with E-state index in [0.29, 0.717) is 50.6 Å². The van der Waals surface area contributed by atoms with Crippen molar-refractivity contribution in [2.24, 2.45) is 4.99 Å². The van der Waals surface area contributed by atoms with Crippen LogP contribution in [0.5, 0.6) is 5.75 Å². The van der Waals surface area contributed by atoms with Gasteiger partial charge in [-0.3, -0.25) is 0 Å². The van der Waals surface area contributed by atoms with Gasteiger partial charge in [-0.2, -0.15) is 26.3 Å². The van der Waals surface area contributed by atoms with Crippen LogP contribution in [-0.2, 0) is 31.0 Å². The van der Waals surface area contributed by atoms with E-state index < -0.39 is 32.8 Å². The van der Waals surface area contributed by atoms with Crippen molar-refractivity contribution in [1.29, 1.82) is 0 Å². The number of nitrogens with zero attached hydrogens (tertiary/aromatic N) is 2. The van der Waals surface area contributed by atoms with Crippen LogP contribution in [0.15, 0.2) is 144 Å². The summed E-state index contributed by atoms with van der Waals surface area (Å²) in [6.45, 7) is 21.4. The molecule has 0 spiro atoms. The van der Waals surface area contributed by atoms with Crippen LogP contribution in [0.4, 0.5) is 26.3 Å². The van der Waals surface area contributed by atoms with Crippen LogP contribution in [0, 0.1) is 0 Å². The number of aliphatic imine (C=N–C) groups is 1. The number of alkyl halides is 6. The SMILES string of the molecule is COc1ccccc1/C(=C1/N=C(c2ccc(C(C)(C)C)cc2)C=C1c1ccc(C(C)(C)C)cc1)c1c(-c2ccc(C(C)(C)C)cc2)cc(-c2ccc(C(C)(C)C)cc2)n1B(OCC(F)(F)F)OCC(F)(F)F. The molecule has 0 aliphatic carbocycles. The quantitative estimate of drug-likeness (QED) is 0.0907. The predicted octanol–water partition coefficient (Wildman–Crippen LogP) is 16.4. The van der Waals surface area contributed by atoms with Gasteiger partial charge in [0.2, 0.25) is 0 Å². The minimum absolute atomic E-state index is 0.134. The zero-order valence-electron chi connectivity index (χ0n) is 43.6. The summed E-state index contributed by atoms with van der Waals surface area (Å²) >= 11 is 0. The minimum atomic E-state index is -4.94. The van der Waals surface area contributed by atoms with Gasteiger partial charge >= 0.3 is 19.6 Å². The summed E-state index contributed by atoms with van der Waals surface area (Å²) in [5, 5.41) is 0. The fourth-order valence-corrected chi connectivity index (χ4v) is 8.75. The van der Waals surface area contributed by atoms with Crippen molar-refractivity contribution >= 4 is 24.1 Å². The van der Waals surface area contributed by atoms with E-state index in [-0.39, 0.29) is 33.0 Å². The van der Waals surface area contributed by atoms with Gasteiger partial charge in [0.1, 0.15) is 19.0 Å². The lowest BCUT2D eigenvalue weighted by Crippen LogP contribution is -2.40. The number of allylic oxidation sites excluding steroid dienone is 2. The summed E-state index contributed by atoms with van der Waals surface area (Å²) in [7, 11) is -0.764. The standard InChI is InChI=1S/C60H65BF6N2O3/c1-55(2,3)42-26-18-38(19-27-42)47-34-49(40-22-30-44(31-23-40)57(7,8)9)68-53(47)52(46-16-14-15-17-51(46)70-13)54-48(39-20-28-43(29-21-39)56(4,5)6)35-50(41-24-32-45(33-25-41)58(10,11)12)69(54)61(71-36-59(62,63)64)72-37-60(65,66)67/h14-35H,36-37H2,1-13H3/b53-52-. The molecule has 0 saturated heterocycles. The van der Waals surface area contributed by atoms with Crippen molar-refractivity contribution < 1.29 is 40.4 Å². The lowest BCUT2D eigenvalue weighted by atomic mass is 9.84. The molecule has 0 bridgehead atoms. The van der Waals surface area contributed by atoms with Crippen molar-refractivity contribution in [1.82, 2.24) is 4.48 Å². The highest BCUT2D eigenvalue weighted by Crippen LogP contribution is 2.48. The van der Waals surface area contributed by atoms with Crippen LogP contribution in [0.25, 0.3) is 33.5 Å². The second-order valence-electron chi connectivity index (χ2n) is 22.6. The van der Waals surface area contributed by atoms with Gasteiger partial charge in [-0.05, 0) is 78.8 Å². The maximum Gasteiger partial charge on any atom is 0.598 e. The fraction of sp³-hybridized carbons (Fsp3) is 0.350. The van der Waals surface area contributed by atoms with E-state index in [9.17, 15) is 26.3 Å². The van der Waals surface area contributed by atoms with Crippen LogP contribution in [0.2, 0.25) is 0 Å². The maximum absolute atomic E-state index is 14.4. The lowest BCUT2D eigenvalue weighted by Gasteiger charge is -2.26. The fourth-order valence-electron chi connectivity index (χ4n) is 8.75. The van der Waals surface area contributed by atoms with Gasteiger partial charge in [0, 0.05) is 33.5 Å². The van der Waals surface area contributed by atoms with Crippen molar-refractivity contribution in [2.75, 3.05) is 20.3 Å². The summed E-state index contributed by atoms with van der Waals surface area (Å²) < 4.78 is 105. The summed E-state index contributed by atoms with van der Waals surface area (Å²) in [6.07, 6.45) is -7.91. The van der Waals surface area contributed by atoms with E-state index in [1.807, 2.05) is 84.9 Å². The molecule has 0 N–H and O–H groups in total. The summed E-state index contributed by atoms with van der Waals surface area (Å²) in [6, 6.07) is 40.5. The molecule has 6 aromatic rings. The van der Waals surface area contributed by atoms with Crippen molar-refractivity contribution in [2.45, 2.75) is 117 Å². The topological polar surface area (TPSA) is 45.0 Å². The molecule has 0 fully saturated rings. The Morgan fingerprint density at radius 3 is 1.33 bits per heavy atom. The van der Waals surface area contributed by atoms with E-state index in [4.69, 9.17) is 19.0 Å². The number of methoxy groups -OCH3 is 1. The van der Waals surface area contributed by atoms with E-state index in [1.54, 1.807) is 24.3 Å². The van der Waals surface area contributed by atoms with E-state index >= 15 is 0 Å². The van der Waals surface area contributed by atoms with E-state index in [0.717, 1.165) is 33.4 Å². The molecule has 2 heterocycles. The zero-order chi connectivity index (χ0) is 52.8. The molecule has 1 aliphatic rings. The molecule has 5 aromatic carbocycles. The van der Waals surface area contributed by atoms with Crippen molar-refractivity contribution in [3.63, 3.8) is 0 Å². The van der Waals surface area contributed by atoms with Crippen LogP contribution < -0.4 is 4.74 Å². The molecule has 1 aliphatic heterocycles. The number of ether oxygens (including phenoxy) is 1. The highest BCUT2D eigenvalue weighted by Gasteiger charge is 2.41. The number of aromatic nitrogens is 1. The van der Waals surface area contributed by atoms with Crippen LogP contribution in [0.3, 0.4) is 0 Å². The lowest BCUT2D eigenvalue weighted by molar-refractivity contribution is -0.169. The number of hydrogen-bond donors (Lipinski definition) is 0. The highest BCUT2D eigenvalue weighted by atomic mass is 19.4. The van der Waals surface area contributed by atoms with Gasteiger partial charge in [-0.25, -0.2) is 4.99 Å². The van der Waals surface area contributed by atoms with Crippen LogP contribution in [0.1, 0.15) is 128 Å². The zero-order valence-corrected chi connectivity index (χ0v) is 43.6. The molecule has 0 atom stereocenters. The molecule has 1 aromatic heterocycles. The Hall–Kier alpha value is -6.11. The Kier molecular flexibility index (Phi) is 15.0. The second-order valence-corrected chi connectivity index (χ2v) is 22.6. The third-order valence-electron chi connectivity index (χ3n) is 12.9. The van der Waals surface area contributed by atoms with Gasteiger partial charge < -0.3 is 18.5 Å². The molecule has 0 radical (unpaired) electrons. The van der Waals surface area contributed by atoms with Gasteiger partial charge in [0.05, 0.1) is 24.2 Å². The molecular weight excluding hydrogens is 921 g/mol. The van der Waals surface area contributed by atoms with Gasteiger partial charge in [0.25, 0.3) is 0 Å². The van der Waals surface area contributed by atoms with Gasteiger partial charge in [-0.1, -0.05) is 198 Å². The molecule has 5 nitrogen and oxygen atoms in total. The van der Waals surface area contributed by atoms with Crippen molar-refractivity contribution in [3.8, 4) is 28.1 Å². The number of halogens is 6. The monoisotopic (exact) mass is 986 g/mol. The van der Waals surface area contributed by atoms with Crippen molar-refractivity contribution in [3.05, 3.63) is 184 Å². The first-order valence-corrected chi connectivity index (χ1v) is 24.2. The highest BCUT2D eigenvalue weighted by molar-refractivity contribution is 6.44. The third-order valence-corrected chi connectivity index (χ3v) is 12.9. The van der Waals surface area contributed by atoms with Crippen LogP contribution in [-0.4, -0.2) is 50.1 Å². The number of rotatable bonds is 12. The largest absolute Gasteiger partial charge is 0.598 e. The molecule has 12 heteroatoms. The summed E-state index contributed by atoms with van der Waals surface area (Å²) in [5.41, 5.74) is 9.40. The first kappa shape index (κ1) is 53.7. The molecular formula is C60H65BF6N2O3. The number of hydrogen-bond acceptors (Lipinski definition) is 4. The summed E-state index contributed by atoms with van der Waals surface area (Å²) in [5.74, 6) is 0.377. The predicted molar refractivity (Wildman–Crippen MR) is 282 cm³/mol. The van der Waals surface area contributed by atoms with Gasteiger partial charge in [0.15, 0.2) is 0 Å². The third kappa shape index (κ3) is 12.4. The number of para-hydroxylation sites is 1. The van der Waals surface area contributed by atoms with Gasteiger partial charge in [-0.15, -0.1) is 0 Å². The Morgan fingerprint density at radius 2 is 0.917 bits per heavy atom. The summed E-state index contributed by atoms with van der Waals surface area (Å²) in [4.78, 5) is 5.47. The smallest absolute Gasteiger partial charge is 0.496 e. The Labute approximate surface area is 421 Å². The maximum atomic E-state index is 14.4. The Morgan fingerprint density at radius 1 is 0.514 bits per heavy atom. The molecule has 378 valence electrons. The molecule has 0 amide bonds. The second kappa shape index (κ2) is 20.1. The number of benzene rings is 5. The molecule has 0 saturated carbocycles. The Balaban J connectivity index is 1.70.